The van der Waals surface area contributed by atoms with E-state index >= 15 is 0 Å². The molecule has 2 aromatic carbocycles. The number of benzene rings is 2. The zero-order valence-corrected chi connectivity index (χ0v) is 15.4. The molecule has 0 aliphatic carbocycles. The van der Waals surface area contributed by atoms with Crippen molar-refractivity contribution in [3.63, 3.8) is 0 Å². The standard InChI is InChI=1S/C18H19N5O2S/c1-13-3-7-15(8-4-13)18-11-16(12-20-22-19)23(21-18)26(24,25)17-9-5-14(2)6-10-17/h3-10,16H,11-12H2,1-2H3. The number of aryl methyl sites for hydroxylation is 2. The van der Waals surface area contributed by atoms with Gasteiger partial charge in [0.25, 0.3) is 10.0 Å². The quantitative estimate of drug-likeness (QED) is 0.455. The van der Waals surface area contributed by atoms with Gasteiger partial charge in [-0.25, -0.2) is 0 Å². The minimum absolute atomic E-state index is 0.0282. The highest BCUT2D eigenvalue weighted by Crippen LogP contribution is 2.28. The van der Waals surface area contributed by atoms with Crippen LogP contribution in [0.1, 0.15) is 23.1 Å². The zero-order chi connectivity index (χ0) is 18.7. The van der Waals surface area contributed by atoms with Gasteiger partial charge in [0.15, 0.2) is 0 Å². The van der Waals surface area contributed by atoms with Gasteiger partial charge < -0.3 is 0 Å². The van der Waals surface area contributed by atoms with Gasteiger partial charge in [-0.3, -0.25) is 0 Å². The lowest BCUT2D eigenvalue weighted by atomic mass is 10.0. The van der Waals surface area contributed by atoms with E-state index in [-0.39, 0.29) is 11.4 Å². The van der Waals surface area contributed by atoms with E-state index in [9.17, 15) is 8.42 Å². The molecule has 1 heterocycles. The minimum Gasteiger partial charge on any atom is -0.200 e. The number of hydrogen-bond acceptors (Lipinski definition) is 4. The maximum absolute atomic E-state index is 13.0. The molecule has 3 rings (SSSR count). The topological polar surface area (TPSA) is 98.5 Å². The van der Waals surface area contributed by atoms with Crippen LogP contribution in [-0.4, -0.2) is 31.1 Å². The van der Waals surface area contributed by atoms with Crippen molar-refractivity contribution in [2.75, 3.05) is 6.54 Å². The Bertz CT molecular complexity index is 975. The summed E-state index contributed by atoms with van der Waals surface area (Å²) in [6.07, 6.45) is 0.396. The number of rotatable bonds is 5. The molecule has 0 bridgehead atoms. The third-order valence-corrected chi connectivity index (χ3v) is 6.01. The Kier molecular flexibility index (Phi) is 4.97. The summed E-state index contributed by atoms with van der Waals surface area (Å²) in [6.45, 7) is 3.91. The molecule has 0 saturated heterocycles. The van der Waals surface area contributed by atoms with Gasteiger partial charge in [0.1, 0.15) is 0 Å². The second-order valence-corrected chi connectivity index (χ2v) is 8.07. The molecule has 0 N–H and O–H groups in total. The summed E-state index contributed by atoms with van der Waals surface area (Å²) in [5.41, 5.74) is 12.2. The summed E-state index contributed by atoms with van der Waals surface area (Å²) in [5.74, 6) is 0. The molecule has 0 fully saturated rings. The van der Waals surface area contributed by atoms with Gasteiger partial charge in [-0.05, 0) is 37.1 Å². The van der Waals surface area contributed by atoms with E-state index in [1.807, 2.05) is 38.1 Å². The Morgan fingerprint density at radius 1 is 1.12 bits per heavy atom. The van der Waals surface area contributed by atoms with Crippen molar-refractivity contribution in [2.24, 2.45) is 10.2 Å². The Morgan fingerprint density at radius 2 is 1.69 bits per heavy atom. The van der Waals surface area contributed by atoms with E-state index in [2.05, 4.69) is 15.1 Å². The Morgan fingerprint density at radius 3 is 2.27 bits per heavy atom. The van der Waals surface area contributed by atoms with Crippen molar-refractivity contribution in [1.82, 2.24) is 4.41 Å². The zero-order valence-electron chi connectivity index (χ0n) is 14.6. The first-order valence-corrected chi connectivity index (χ1v) is 9.62. The van der Waals surface area contributed by atoms with Crippen LogP contribution in [-0.2, 0) is 10.0 Å². The molecule has 0 spiro atoms. The fraction of sp³-hybridized carbons (Fsp3) is 0.278. The summed E-state index contributed by atoms with van der Waals surface area (Å²) in [4.78, 5) is 2.93. The molecule has 1 aliphatic heterocycles. The maximum Gasteiger partial charge on any atom is 0.279 e. The molecule has 2 aromatic rings. The fourth-order valence-corrected chi connectivity index (χ4v) is 4.23. The third kappa shape index (κ3) is 3.56. The molecule has 1 aliphatic rings. The van der Waals surface area contributed by atoms with Crippen LogP contribution < -0.4 is 0 Å². The van der Waals surface area contributed by atoms with Crippen molar-refractivity contribution in [3.8, 4) is 0 Å². The summed E-state index contributed by atoms with van der Waals surface area (Å²) in [7, 11) is -3.82. The lowest BCUT2D eigenvalue weighted by Gasteiger charge is -2.21. The van der Waals surface area contributed by atoms with E-state index in [4.69, 9.17) is 5.53 Å². The second-order valence-electron chi connectivity index (χ2n) is 6.27. The molecule has 134 valence electrons. The van der Waals surface area contributed by atoms with Crippen molar-refractivity contribution >= 4 is 15.7 Å². The van der Waals surface area contributed by atoms with Gasteiger partial charge in [-0.1, -0.05) is 52.6 Å². The predicted molar refractivity (Wildman–Crippen MR) is 100 cm³/mol. The Labute approximate surface area is 152 Å². The monoisotopic (exact) mass is 369 g/mol. The van der Waals surface area contributed by atoms with E-state index < -0.39 is 16.1 Å². The molecule has 0 radical (unpaired) electrons. The number of hydrogen-bond donors (Lipinski definition) is 0. The van der Waals surface area contributed by atoms with Crippen LogP contribution in [0.2, 0.25) is 0 Å². The number of sulfonamides is 1. The van der Waals surface area contributed by atoms with Crippen LogP contribution in [0.15, 0.2) is 63.6 Å². The summed E-state index contributed by atoms with van der Waals surface area (Å²) in [5, 5.41) is 7.94. The van der Waals surface area contributed by atoms with Gasteiger partial charge in [0.2, 0.25) is 0 Å². The lowest BCUT2D eigenvalue weighted by Crippen LogP contribution is -2.34. The highest BCUT2D eigenvalue weighted by molar-refractivity contribution is 7.89. The first-order valence-electron chi connectivity index (χ1n) is 8.18. The molecular formula is C18H19N5O2S. The van der Waals surface area contributed by atoms with Crippen molar-refractivity contribution in [3.05, 3.63) is 75.7 Å². The lowest BCUT2D eigenvalue weighted by molar-refractivity contribution is 0.368. The largest absolute Gasteiger partial charge is 0.279 e. The van der Waals surface area contributed by atoms with Crippen molar-refractivity contribution in [1.29, 1.82) is 0 Å². The van der Waals surface area contributed by atoms with Gasteiger partial charge in [-0.15, -0.1) is 0 Å². The average Bonchev–Trinajstić information content (AvgIpc) is 3.06. The summed E-state index contributed by atoms with van der Waals surface area (Å²) < 4.78 is 27.2. The normalized spacial score (nSPS) is 16.9. The highest BCUT2D eigenvalue weighted by Gasteiger charge is 2.36. The van der Waals surface area contributed by atoms with Crippen LogP contribution >= 0.6 is 0 Å². The van der Waals surface area contributed by atoms with E-state index in [0.717, 1.165) is 21.1 Å². The van der Waals surface area contributed by atoms with Crippen LogP contribution in [0.5, 0.6) is 0 Å². The SMILES string of the molecule is Cc1ccc(C2=NN(S(=O)(=O)c3ccc(C)cc3)C(CN=[N+]=[N-])C2)cc1. The molecule has 8 heteroatoms. The first kappa shape index (κ1) is 18.0. The Hall–Kier alpha value is -2.83. The molecule has 0 aromatic heterocycles. The molecule has 7 nitrogen and oxygen atoms in total. The third-order valence-electron chi connectivity index (χ3n) is 4.27. The van der Waals surface area contributed by atoms with Crippen molar-refractivity contribution in [2.45, 2.75) is 31.2 Å². The molecule has 1 unspecified atom stereocenters. The molecule has 0 saturated carbocycles. The fourth-order valence-electron chi connectivity index (χ4n) is 2.80. The highest BCUT2D eigenvalue weighted by atomic mass is 32.2. The molecule has 1 atom stereocenters. The predicted octanol–water partition coefficient (Wildman–Crippen LogP) is 3.78. The molecule has 26 heavy (non-hydrogen) atoms. The van der Waals surface area contributed by atoms with Crippen LogP contribution in [0, 0.1) is 13.8 Å². The minimum atomic E-state index is -3.82. The van der Waals surface area contributed by atoms with E-state index in [1.165, 1.54) is 0 Å². The van der Waals surface area contributed by atoms with Gasteiger partial charge in [0, 0.05) is 17.9 Å². The van der Waals surface area contributed by atoms with Crippen LogP contribution in [0.3, 0.4) is 0 Å². The van der Waals surface area contributed by atoms with E-state index in [0.29, 0.717) is 12.1 Å². The number of azide groups is 1. The van der Waals surface area contributed by atoms with Gasteiger partial charge >= 0.3 is 0 Å². The first-order chi connectivity index (χ1) is 12.4. The number of nitrogens with zero attached hydrogens (tertiary/aromatic N) is 5. The second kappa shape index (κ2) is 7.19. The smallest absolute Gasteiger partial charge is 0.200 e. The summed E-state index contributed by atoms with van der Waals surface area (Å²) >= 11 is 0. The Balaban J connectivity index is 2.00. The molecule has 0 amide bonds. The average molecular weight is 369 g/mol. The van der Waals surface area contributed by atoms with Gasteiger partial charge in [0.05, 0.1) is 16.6 Å². The van der Waals surface area contributed by atoms with Crippen LogP contribution in [0.25, 0.3) is 10.4 Å². The summed E-state index contributed by atoms with van der Waals surface area (Å²) in [6, 6.07) is 13.8. The van der Waals surface area contributed by atoms with E-state index in [1.54, 1.807) is 24.3 Å². The number of hydrazone groups is 1. The van der Waals surface area contributed by atoms with Crippen molar-refractivity contribution < 1.29 is 8.42 Å². The van der Waals surface area contributed by atoms with Gasteiger partial charge in [-0.2, -0.15) is 17.9 Å². The molecular weight excluding hydrogens is 350 g/mol. The van der Waals surface area contributed by atoms with Crippen LogP contribution in [0.4, 0.5) is 0 Å². The maximum atomic E-state index is 13.0.